The number of carbonyl (C=O) groups is 1. The number of halogens is 1. The van der Waals surface area contributed by atoms with E-state index in [2.05, 4.69) is 5.32 Å². The maximum atomic E-state index is 11.4. The van der Waals surface area contributed by atoms with Gasteiger partial charge in [-0.25, -0.2) is 0 Å². The zero-order valence-electron chi connectivity index (χ0n) is 9.83. The molecule has 0 aliphatic carbocycles. The minimum Gasteiger partial charge on any atom is -0.354 e. The third-order valence-corrected chi connectivity index (χ3v) is 2.98. The average molecular weight is 242 g/mol. The molecule has 3 nitrogen and oxygen atoms in total. The minimum absolute atomic E-state index is 0.0268. The molecular weight excluding hydrogens is 224 g/mol. The molecule has 0 saturated carbocycles. The van der Waals surface area contributed by atoms with Crippen molar-refractivity contribution in [1.29, 1.82) is 0 Å². The summed E-state index contributed by atoms with van der Waals surface area (Å²) in [7, 11) is 1.65. The molecule has 0 aliphatic heterocycles. The third-order valence-electron chi connectivity index (χ3n) is 2.63. The predicted molar refractivity (Wildman–Crippen MR) is 65.3 cm³/mol. The van der Waals surface area contributed by atoms with Crippen molar-refractivity contribution in [2.75, 3.05) is 7.05 Å². The van der Waals surface area contributed by atoms with E-state index in [9.17, 15) is 4.79 Å². The largest absolute Gasteiger partial charge is 0.354 e. The Kier molecular flexibility index (Phi) is 4.77. The number of nitrogens with two attached hydrogens (primary N) is 1. The van der Waals surface area contributed by atoms with E-state index in [0.717, 1.165) is 10.6 Å². The average Bonchev–Trinajstić information content (AvgIpc) is 2.28. The highest BCUT2D eigenvalue weighted by Gasteiger charge is 2.20. The Hall–Kier alpha value is -1.06. The Morgan fingerprint density at radius 1 is 1.38 bits per heavy atom. The molecule has 2 atom stereocenters. The van der Waals surface area contributed by atoms with Gasteiger partial charge in [-0.2, -0.15) is 0 Å². The van der Waals surface area contributed by atoms with E-state index in [0.29, 0.717) is 0 Å². The zero-order chi connectivity index (χ0) is 12.1. The Morgan fingerprint density at radius 2 is 2.00 bits per heavy atom. The molecule has 1 amide bonds. The van der Waals surface area contributed by atoms with Crippen molar-refractivity contribution in [3.63, 3.8) is 0 Å². The molecule has 4 heteroatoms. The molecule has 0 saturated heterocycles. The second kappa shape index (κ2) is 5.87. The first-order chi connectivity index (χ1) is 7.56. The second-order valence-corrected chi connectivity index (χ2v) is 4.31. The molecule has 0 spiro atoms. The number of carbonyl (C=O) groups excluding carboxylic acids is 1. The normalized spacial score (nSPS) is 14.2. The van der Waals surface area contributed by atoms with Crippen LogP contribution in [0, 0.1) is 0 Å². The van der Waals surface area contributed by atoms with Crippen molar-refractivity contribution in [2.24, 2.45) is 0 Å². The number of hydrogen-bond acceptors (Lipinski definition) is 1. The highest BCUT2D eigenvalue weighted by molar-refractivity contribution is 6.31. The monoisotopic (exact) mass is 241 g/mol. The summed E-state index contributed by atoms with van der Waals surface area (Å²) in [5, 5.41) is 5.38. The van der Waals surface area contributed by atoms with Gasteiger partial charge < -0.3 is 10.6 Å². The number of benzene rings is 1. The number of likely N-dealkylation sites (N-methyl/N-ethyl adjacent to an activating group) is 1. The lowest BCUT2D eigenvalue weighted by molar-refractivity contribution is -0.710. The molecule has 0 heterocycles. The second-order valence-electron chi connectivity index (χ2n) is 3.91. The molecule has 88 valence electrons. The molecule has 0 aliphatic rings. The molecule has 3 N–H and O–H groups in total. The molecule has 0 aromatic heterocycles. The summed E-state index contributed by atoms with van der Waals surface area (Å²) in [6.07, 6.45) is 0. The van der Waals surface area contributed by atoms with E-state index < -0.39 is 0 Å². The molecule has 1 rings (SSSR count). The Balaban J connectivity index is 2.69. The van der Waals surface area contributed by atoms with Gasteiger partial charge in [0, 0.05) is 17.6 Å². The van der Waals surface area contributed by atoms with Gasteiger partial charge in [0.2, 0.25) is 0 Å². The SMILES string of the molecule is CNC(=O)[C@H](C)[NH2+][C@H](C)c1ccccc1Cl. The summed E-state index contributed by atoms with van der Waals surface area (Å²) >= 11 is 6.10. The number of hydrogen-bond donors (Lipinski definition) is 2. The smallest absolute Gasteiger partial charge is 0.277 e. The van der Waals surface area contributed by atoms with Crippen molar-refractivity contribution < 1.29 is 10.1 Å². The van der Waals surface area contributed by atoms with Gasteiger partial charge in [0.25, 0.3) is 5.91 Å². The predicted octanol–water partition coefficient (Wildman–Crippen LogP) is 1.10. The Morgan fingerprint density at radius 3 is 2.56 bits per heavy atom. The van der Waals surface area contributed by atoms with Crippen LogP contribution in [0.1, 0.15) is 25.5 Å². The number of nitrogens with one attached hydrogen (secondary N) is 1. The van der Waals surface area contributed by atoms with Gasteiger partial charge in [0.15, 0.2) is 6.04 Å². The topological polar surface area (TPSA) is 45.7 Å². The zero-order valence-corrected chi connectivity index (χ0v) is 10.6. The van der Waals surface area contributed by atoms with Crippen molar-refractivity contribution in [3.8, 4) is 0 Å². The lowest BCUT2D eigenvalue weighted by Crippen LogP contribution is -2.92. The van der Waals surface area contributed by atoms with E-state index in [1.807, 2.05) is 43.4 Å². The number of amides is 1. The third kappa shape index (κ3) is 3.22. The van der Waals surface area contributed by atoms with Crippen LogP contribution in [0.15, 0.2) is 24.3 Å². The number of quaternary nitrogens is 1. The van der Waals surface area contributed by atoms with Crippen LogP contribution in [-0.2, 0) is 4.79 Å². The lowest BCUT2D eigenvalue weighted by atomic mass is 10.1. The van der Waals surface area contributed by atoms with Gasteiger partial charge in [0.05, 0.1) is 0 Å². The fraction of sp³-hybridized carbons (Fsp3) is 0.417. The van der Waals surface area contributed by atoms with Crippen LogP contribution < -0.4 is 10.6 Å². The van der Waals surface area contributed by atoms with Gasteiger partial charge >= 0.3 is 0 Å². The molecule has 0 unspecified atom stereocenters. The fourth-order valence-electron chi connectivity index (χ4n) is 1.70. The summed E-state index contributed by atoms with van der Waals surface area (Å²) in [6, 6.07) is 7.76. The van der Waals surface area contributed by atoms with Gasteiger partial charge in [-0.3, -0.25) is 4.79 Å². The highest BCUT2D eigenvalue weighted by Crippen LogP contribution is 2.19. The maximum absolute atomic E-state index is 11.4. The summed E-state index contributed by atoms with van der Waals surface area (Å²) in [5.74, 6) is 0.0268. The molecule has 1 aromatic rings. The van der Waals surface area contributed by atoms with Gasteiger partial charge in [-0.1, -0.05) is 29.8 Å². The lowest BCUT2D eigenvalue weighted by Gasteiger charge is -2.16. The standard InChI is InChI=1S/C12H17ClN2O/c1-8(15-9(2)12(16)14-3)10-6-4-5-7-11(10)13/h4-9,15H,1-3H3,(H,14,16)/p+1/t8-,9+/m1/s1. The van der Waals surface area contributed by atoms with Gasteiger partial charge in [0.1, 0.15) is 6.04 Å². The van der Waals surface area contributed by atoms with E-state index in [-0.39, 0.29) is 18.0 Å². The van der Waals surface area contributed by atoms with Crippen molar-refractivity contribution in [1.82, 2.24) is 5.32 Å². The van der Waals surface area contributed by atoms with Crippen LogP contribution >= 0.6 is 11.6 Å². The van der Waals surface area contributed by atoms with Gasteiger partial charge in [-0.05, 0) is 19.9 Å². The van der Waals surface area contributed by atoms with Crippen LogP contribution in [0.5, 0.6) is 0 Å². The Labute approximate surface area is 101 Å². The van der Waals surface area contributed by atoms with Crippen molar-refractivity contribution >= 4 is 17.5 Å². The minimum atomic E-state index is -0.115. The highest BCUT2D eigenvalue weighted by atomic mass is 35.5. The van der Waals surface area contributed by atoms with Crippen LogP contribution in [0.3, 0.4) is 0 Å². The van der Waals surface area contributed by atoms with E-state index in [1.54, 1.807) is 7.05 Å². The first kappa shape index (κ1) is 13.0. The first-order valence-electron chi connectivity index (χ1n) is 5.37. The van der Waals surface area contributed by atoms with Crippen LogP contribution in [-0.4, -0.2) is 19.0 Å². The van der Waals surface area contributed by atoms with E-state index >= 15 is 0 Å². The first-order valence-corrected chi connectivity index (χ1v) is 5.75. The molecule has 16 heavy (non-hydrogen) atoms. The van der Waals surface area contributed by atoms with E-state index in [1.165, 1.54) is 0 Å². The Bertz CT molecular complexity index is 368. The van der Waals surface area contributed by atoms with Crippen molar-refractivity contribution in [3.05, 3.63) is 34.9 Å². The van der Waals surface area contributed by atoms with E-state index in [4.69, 9.17) is 11.6 Å². The van der Waals surface area contributed by atoms with Crippen LogP contribution in [0.2, 0.25) is 5.02 Å². The molecule has 1 aromatic carbocycles. The van der Waals surface area contributed by atoms with Gasteiger partial charge in [-0.15, -0.1) is 0 Å². The summed E-state index contributed by atoms with van der Waals surface area (Å²) in [4.78, 5) is 11.4. The molecular formula is C12H18ClN2O+. The fourth-order valence-corrected chi connectivity index (χ4v) is 2.00. The van der Waals surface area contributed by atoms with Crippen LogP contribution in [0.25, 0.3) is 0 Å². The molecule has 0 radical (unpaired) electrons. The summed E-state index contributed by atoms with van der Waals surface area (Å²) in [6.45, 7) is 3.92. The maximum Gasteiger partial charge on any atom is 0.277 e. The molecule has 0 fully saturated rings. The summed E-state index contributed by atoms with van der Waals surface area (Å²) < 4.78 is 0. The molecule has 0 bridgehead atoms. The number of rotatable bonds is 4. The van der Waals surface area contributed by atoms with Crippen LogP contribution in [0.4, 0.5) is 0 Å². The summed E-state index contributed by atoms with van der Waals surface area (Å²) in [5.41, 5.74) is 1.06. The quantitative estimate of drug-likeness (QED) is 0.815. The van der Waals surface area contributed by atoms with Crippen molar-refractivity contribution in [2.45, 2.75) is 25.9 Å².